The van der Waals surface area contributed by atoms with Crippen LogP contribution in [-0.4, -0.2) is 82.9 Å². The molecular weight excluding hydrogens is 610 g/mol. The van der Waals surface area contributed by atoms with Crippen molar-refractivity contribution in [3.63, 3.8) is 0 Å². The van der Waals surface area contributed by atoms with Gasteiger partial charge in [0.15, 0.2) is 5.52 Å². The molecule has 12 heteroatoms. The summed E-state index contributed by atoms with van der Waals surface area (Å²) in [6.45, 7) is 4.63. The van der Waals surface area contributed by atoms with Crippen LogP contribution >= 0.6 is 0 Å². The van der Waals surface area contributed by atoms with Gasteiger partial charge < -0.3 is 28.6 Å². The molecule has 1 amide bonds. The van der Waals surface area contributed by atoms with Crippen LogP contribution in [-0.2, 0) is 11.3 Å². The van der Waals surface area contributed by atoms with Gasteiger partial charge in [-0.25, -0.2) is 9.67 Å². The highest BCUT2D eigenvalue weighted by Gasteiger charge is 2.23. The lowest BCUT2D eigenvalue weighted by atomic mass is 10.0. The largest absolute Gasteiger partial charge is 0.497 e. The normalized spacial score (nSPS) is 13.2. The predicted molar refractivity (Wildman–Crippen MR) is 184 cm³/mol. The van der Waals surface area contributed by atoms with E-state index in [1.165, 1.54) is 0 Å². The molecule has 4 heterocycles. The van der Waals surface area contributed by atoms with Crippen LogP contribution in [0, 0.1) is 0 Å². The van der Waals surface area contributed by atoms with Gasteiger partial charge in [-0.05, 0) is 53.6 Å². The van der Waals surface area contributed by atoms with Gasteiger partial charge in [0, 0.05) is 62.4 Å². The van der Waals surface area contributed by atoms with E-state index < -0.39 is 0 Å². The minimum Gasteiger partial charge on any atom is -0.497 e. The highest BCUT2D eigenvalue weighted by atomic mass is 16.5. The molecule has 1 saturated heterocycles. The second-order valence-corrected chi connectivity index (χ2v) is 11.6. The number of carbonyl (C=O) groups is 1. The maximum Gasteiger partial charge on any atom is 0.281 e. The van der Waals surface area contributed by atoms with Crippen molar-refractivity contribution in [3.05, 3.63) is 94.9 Å². The molecule has 0 spiro atoms. The van der Waals surface area contributed by atoms with Gasteiger partial charge in [0.25, 0.3) is 5.56 Å². The number of pyridine rings is 2. The summed E-state index contributed by atoms with van der Waals surface area (Å²) >= 11 is 0. The molecule has 0 radical (unpaired) electrons. The quantitative estimate of drug-likeness (QED) is 0.235. The van der Waals surface area contributed by atoms with Crippen molar-refractivity contribution in [2.45, 2.75) is 13.5 Å². The molecule has 1 fully saturated rings. The summed E-state index contributed by atoms with van der Waals surface area (Å²) in [4.78, 5) is 34.5. The number of ether oxygens (including phenoxy) is 3. The molecule has 48 heavy (non-hydrogen) atoms. The number of fused-ring (bicyclic) bond motifs is 3. The summed E-state index contributed by atoms with van der Waals surface area (Å²) in [5.41, 5.74) is 5.72. The van der Waals surface area contributed by atoms with E-state index in [0.717, 1.165) is 39.0 Å². The number of anilines is 1. The minimum atomic E-state index is -0.245. The zero-order chi connectivity index (χ0) is 33.4. The van der Waals surface area contributed by atoms with Crippen molar-refractivity contribution in [2.75, 3.05) is 52.4 Å². The Morgan fingerprint density at radius 2 is 1.60 bits per heavy atom. The van der Waals surface area contributed by atoms with E-state index in [-0.39, 0.29) is 17.0 Å². The number of hydrogen-bond acceptors (Lipinski definition) is 9. The van der Waals surface area contributed by atoms with E-state index in [9.17, 15) is 9.59 Å². The van der Waals surface area contributed by atoms with E-state index in [2.05, 4.69) is 20.2 Å². The molecule has 6 aromatic rings. The number of hydrogen-bond donors (Lipinski definition) is 0. The van der Waals surface area contributed by atoms with Gasteiger partial charge >= 0.3 is 0 Å². The molecule has 12 nitrogen and oxygen atoms in total. The molecule has 0 bridgehead atoms. The monoisotopic (exact) mass is 645 g/mol. The van der Waals surface area contributed by atoms with Crippen molar-refractivity contribution < 1.29 is 19.0 Å². The number of amides is 1. The first-order chi connectivity index (χ1) is 23.4. The van der Waals surface area contributed by atoms with Crippen molar-refractivity contribution in [3.8, 4) is 34.2 Å². The molecule has 1 aliphatic heterocycles. The molecule has 244 valence electrons. The topological polar surface area (TPSA) is 117 Å². The number of carbonyl (C=O) groups excluding carboxylic acids is 1. The van der Waals surface area contributed by atoms with Crippen molar-refractivity contribution in [1.82, 2.24) is 29.4 Å². The van der Waals surface area contributed by atoms with Crippen LogP contribution < -0.4 is 24.7 Å². The lowest BCUT2D eigenvalue weighted by Crippen LogP contribution is -2.48. The average Bonchev–Trinajstić information content (AvgIpc) is 3.59. The van der Waals surface area contributed by atoms with Crippen molar-refractivity contribution in [1.29, 1.82) is 0 Å². The average molecular weight is 646 g/mol. The smallest absolute Gasteiger partial charge is 0.281 e. The number of piperazine rings is 1. The van der Waals surface area contributed by atoms with E-state index in [1.807, 2.05) is 77.7 Å². The second-order valence-electron chi connectivity index (χ2n) is 11.6. The van der Waals surface area contributed by atoms with Gasteiger partial charge in [0.1, 0.15) is 17.0 Å². The highest BCUT2D eigenvalue weighted by molar-refractivity contribution is 6.04. The molecular formula is C36H35N7O5. The van der Waals surface area contributed by atoms with Crippen LogP contribution in [0.4, 0.5) is 5.69 Å². The number of rotatable bonds is 8. The van der Waals surface area contributed by atoms with Crippen LogP contribution in [0.3, 0.4) is 0 Å². The lowest BCUT2D eigenvalue weighted by Gasteiger charge is -2.36. The van der Waals surface area contributed by atoms with Crippen LogP contribution in [0.5, 0.6) is 17.4 Å². The number of aromatic nitrogens is 5. The van der Waals surface area contributed by atoms with Crippen LogP contribution in [0.2, 0.25) is 0 Å². The Morgan fingerprint density at radius 1 is 0.833 bits per heavy atom. The molecule has 0 aliphatic carbocycles. The summed E-state index contributed by atoms with van der Waals surface area (Å²) in [6.07, 6.45) is 1.76. The Bertz CT molecular complexity index is 2180. The van der Waals surface area contributed by atoms with Gasteiger partial charge in [-0.1, -0.05) is 23.4 Å². The van der Waals surface area contributed by atoms with Gasteiger partial charge in [-0.3, -0.25) is 9.59 Å². The molecule has 0 N–H and O–H groups in total. The molecule has 0 saturated carbocycles. The molecule has 3 aromatic heterocycles. The Balaban J connectivity index is 1.37. The number of methoxy groups -OCH3 is 3. The van der Waals surface area contributed by atoms with Gasteiger partial charge in [-0.15, -0.1) is 5.10 Å². The maximum absolute atomic E-state index is 14.1. The fraction of sp³-hybridized carbons (Fsp3) is 0.250. The summed E-state index contributed by atoms with van der Waals surface area (Å²) in [5.74, 6) is 2.01. The minimum absolute atomic E-state index is 0.0803. The predicted octanol–water partition coefficient (Wildman–Crippen LogP) is 4.54. The standard InChI is InChI=1S/C36H35N7O5/c1-23(44)40-15-17-41(18-16-40)31-13-9-27(20-32(31)47-3)43-35-29-19-25(26-8-14-33(48-4)37-21-26)7-12-30(29)42(36(45)34(35)38-39-43)22-24-5-10-28(46-2)11-6-24/h5-14,19-21H,15-18,22H2,1-4H3. The fourth-order valence-electron chi connectivity index (χ4n) is 6.29. The van der Waals surface area contributed by atoms with E-state index in [0.29, 0.717) is 55.6 Å². The Labute approximate surface area is 276 Å². The maximum atomic E-state index is 14.1. The van der Waals surface area contributed by atoms with Crippen LogP contribution in [0.1, 0.15) is 12.5 Å². The molecule has 3 aromatic carbocycles. The first-order valence-corrected chi connectivity index (χ1v) is 15.6. The highest BCUT2D eigenvalue weighted by Crippen LogP contribution is 2.34. The molecule has 0 unspecified atom stereocenters. The molecule has 1 aliphatic rings. The zero-order valence-corrected chi connectivity index (χ0v) is 27.2. The third-order valence-corrected chi connectivity index (χ3v) is 8.91. The third-order valence-electron chi connectivity index (χ3n) is 8.91. The lowest BCUT2D eigenvalue weighted by molar-refractivity contribution is -0.129. The SMILES string of the molecule is COc1ccc(Cn2c(=O)c3nnn(-c4ccc(N5CCN(C(C)=O)CC5)c(OC)c4)c3c3cc(-c4ccc(OC)nc4)ccc32)cc1. The van der Waals surface area contributed by atoms with E-state index in [4.69, 9.17) is 14.2 Å². The third kappa shape index (κ3) is 5.55. The Morgan fingerprint density at radius 3 is 2.27 bits per heavy atom. The van der Waals surface area contributed by atoms with Crippen LogP contribution in [0.15, 0.2) is 83.8 Å². The summed E-state index contributed by atoms with van der Waals surface area (Å²) in [5, 5.41) is 9.75. The number of benzene rings is 3. The fourth-order valence-corrected chi connectivity index (χ4v) is 6.29. The zero-order valence-electron chi connectivity index (χ0n) is 27.2. The van der Waals surface area contributed by atoms with Crippen LogP contribution in [0.25, 0.3) is 38.8 Å². The van der Waals surface area contributed by atoms with E-state index >= 15 is 0 Å². The summed E-state index contributed by atoms with van der Waals surface area (Å²) in [6, 6.07) is 23.3. The van der Waals surface area contributed by atoms with Crippen molar-refractivity contribution in [2.24, 2.45) is 0 Å². The van der Waals surface area contributed by atoms with Crippen molar-refractivity contribution >= 4 is 33.5 Å². The Hall–Kier alpha value is -5.91. The van der Waals surface area contributed by atoms with E-state index in [1.54, 1.807) is 43.7 Å². The van der Waals surface area contributed by atoms with Gasteiger partial charge in [-0.2, -0.15) is 0 Å². The molecule has 0 atom stereocenters. The summed E-state index contributed by atoms with van der Waals surface area (Å²) < 4.78 is 19.9. The van der Waals surface area contributed by atoms with Gasteiger partial charge in [0.05, 0.1) is 44.8 Å². The molecule has 7 rings (SSSR count). The first-order valence-electron chi connectivity index (χ1n) is 15.6. The first kappa shape index (κ1) is 30.7. The second kappa shape index (κ2) is 12.7. The summed E-state index contributed by atoms with van der Waals surface area (Å²) in [7, 11) is 4.84. The van der Waals surface area contributed by atoms with Gasteiger partial charge in [0.2, 0.25) is 11.8 Å². The number of nitrogens with zero attached hydrogens (tertiary/aromatic N) is 7. The Kier molecular flexibility index (Phi) is 8.14.